The van der Waals surface area contributed by atoms with Gasteiger partial charge in [-0.2, -0.15) is 4.98 Å². The quantitative estimate of drug-likeness (QED) is 0.637. The van der Waals surface area contributed by atoms with Crippen LogP contribution in [0.5, 0.6) is 0 Å². The minimum absolute atomic E-state index is 0.0319. The Morgan fingerprint density at radius 3 is 2.32 bits per heavy atom. The molecular formula is C22H23N5O4. The number of hydrogen-bond donors (Lipinski definition) is 0. The van der Waals surface area contributed by atoms with E-state index in [1.165, 1.54) is 4.57 Å². The number of aromatic nitrogens is 3. The molecule has 0 fully saturated rings. The van der Waals surface area contributed by atoms with Crippen LogP contribution in [0.2, 0.25) is 0 Å². The van der Waals surface area contributed by atoms with E-state index in [9.17, 15) is 14.4 Å². The van der Waals surface area contributed by atoms with Gasteiger partial charge in [-0.25, -0.2) is 19.0 Å². The summed E-state index contributed by atoms with van der Waals surface area (Å²) in [5, 5.41) is 0. The molecule has 0 saturated carbocycles. The van der Waals surface area contributed by atoms with Gasteiger partial charge < -0.3 is 14.5 Å². The minimum Gasteiger partial charge on any atom is -0.449 e. The maximum absolute atomic E-state index is 13.4. The number of ether oxygens (including phenoxy) is 1. The Labute approximate surface area is 178 Å². The molecule has 4 rings (SSSR count). The number of carbonyl (C=O) groups excluding carboxylic acids is 1. The molecule has 160 valence electrons. The third-order valence-electron chi connectivity index (χ3n) is 5.06. The van der Waals surface area contributed by atoms with Gasteiger partial charge >= 0.3 is 17.5 Å². The topological polar surface area (TPSA) is 89.7 Å². The molecule has 3 aromatic rings. The predicted molar refractivity (Wildman–Crippen MR) is 118 cm³/mol. The molecule has 31 heavy (non-hydrogen) atoms. The highest BCUT2D eigenvalue weighted by molar-refractivity contribution is 5.86. The van der Waals surface area contributed by atoms with Crippen molar-refractivity contribution in [2.24, 2.45) is 0 Å². The van der Waals surface area contributed by atoms with E-state index in [0.29, 0.717) is 22.4 Å². The van der Waals surface area contributed by atoms with E-state index >= 15 is 0 Å². The molecule has 0 unspecified atom stereocenters. The van der Waals surface area contributed by atoms with Gasteiger partial charge in [0, 0.05) is 18.7 Å². The van der Waals surface area contributed by atoms with Gasteiger partial charge in [0.05, 0.1) is 23.7 Å². The summed E-state index contributed by atoms with van der Waals surface area (Å²) in [6.45, 7) is 3.04. The van der Waals surface area contributed by atoms with Crippen LogP contribution in [-0.4, -0.2) is 58.9 Å². The SMILES string of the molecule is CCOC(=O)n1c(=O)nc2n(c1=O)-c1ccccc1N(CCN(C)C)c1ccccc1-2. The van der Waals surface area contributed by atoms with Crippen molar-refractivity contribution in [2.75, 3.05) is 38.7 Å². The van der Waals surface area contributed by atoms with Crippen molar-refractivity contribution in [1.29, 1.82) is 0 Å². The van der Waals surface area contributed by atoms with E-state index in [1.807, 2.05) is 50.5 Å². The van der Waals surface area contributed by atoms with Crippen molar-refractivity contribution in [3.8, 4) is 17.1 Å². The first-order valence-electron chi connectivity index (χ1n) is 9.98. The van der Waals surface area contributed by atoms with E-state index in [1.54, 1.807) is 19.1 Å². The largest absolute Gasteiger partial charge is 0.449 e. The average Bonchev–Trinajstić information content (AvgIpc) is 2.85. The molecule has 0 radical (unpaired) electrons. The van der Waals surface area contributed by atoms with Crippen LogP contribution in [0.25, 0.3) is 17.1 Å². The molecule has 0 N–H and O–H groups in total. The smallest absolute Gasteiger partial charge is 0.426 e. The van der Waals surface area contributed by atoms with Gasteiger partial charge in [-0.15, -0.1) is 4.57 Å². The summed E-state index contributed by atoms with van der Waals surface area (Å²) in [5.74, 6) is 0.186. The third-order valence-corrected chi connectivity index (χ3v) is 5.06. The number of carbonyl (C=O) groups is 1. The van der Waals surface area contributed by atoms with Crippen molar-refractivity contribution < 1.29 is 9.53 Å². The van der Waals surface area contributed by atoms with Crippen LogP contribution in [0.1, 0.15) is 6.92 Å². The average molecular weight is 421 g/mol. The van der Waals surface area contributed by atoms with Gasteiger partial charge in [0.15, 0.2) is 5.82 Å². The molecule has 0 amide bonds. The van der Waals surface area contributed by atoms with Gasteiger partial charge in [0.25, 0.3) is 0 Å². The number of benzene rings is 2. The lowest BCUT2D eigenvalue weighted by molar-refractivity contribution is 0.151. The highest BCUT2D eigenvalue weighted by atomic mass is 16.5. The van der Waals surface area contributed by atoms with Crippen molar-refractivity contribution in [2.45, 2.75) is 6.92 Å². The van der Waals surface area contributed by atoms with Gasteiger partial charge in [0.1, 0.15) is 0 Å². The zero-order chi connectivity index (χ0) is 22.1. The van der Waals surface area contributed by atoms with Crippen LogP contribution in [0.15, 0.2) is 58.1 Å². The molecule has 1 aliphatic rings. The zero-order valence-electron chi connectivity index (χ0n) is 17.6. The second kappa shape index (κ2) is 8.19. The van der Waals surface area contributed by atoms with Gasteiger partial charge in [-0.05, 0) is 45.3 Å². The highest BCUT2D eigenvalue weighted by Crippen LogP contribution is 2.40. The molecule has 0 aliphatic carbocycles. The van der Waals surface area contributed by atoms with Crippen molar-refractivity contribution in [1.82, 2.24) is 19.0 Å². The molecule has 2 aromatic carbocycles. The Kier molecular flexibility index (Phi) is 5.43. The summed E-state index contributed by atoms with van der Waals surface area (Å²) in [4.78, 5) is 46.7. The molecule has 0 bridgehead atoms. The van der Waals surface area contributed by atoms with E-state index in [0.717, 1.165) is 17.9 Å². The number of fused-ring (bicyclic) bond motifs is 5. The van der Waals surface area contributed by atoms with E-state index in [2.05, 4.69) is 14.8 Å². The fourth-order valence-corrected chi connectivity index (χ4v) is 3.66. The van der Waals surface area contributed by atoms with Crippen LogP contribution < -0.4 is 16.3 Å². The number of rotatable bonds is 4. The number of para-hydroxylation sites is 3. The van der Waals surface area contributed by atoms with E-state index in [4.69, 9.17) is 4.74 Å². The van der Waals surface area contributed by atoms with Gasteiger partial charge in [0.2, 0.25) is 0 Å². The van der Waals surface area contributed by atoms with Crippen LogP contribution in [0, 0.1) is 0 Å². The lowest BCUT2D eigenvalue weighted by atomic mass is 10.1. The minimum atomic E-state index is -1.04. The normalized spacial score (nSPS) is 12.1. The Morgan fingerprint density at radius 2 is 1.65 bits per heavy atom. The fourth-order valence-electron chi connectivity index (χ4n) is 3.66. The fraction of sp³-hybridized carbons (Fsp3) is 0.273. The lowest BCUT2D eigenvalue weighted by Crippen LogP contribution is -2.45. The van der Waals surface area contributed by atoms with E-state index < -0.39 is 17.5 Å². The summed E-state index contributed by atoms with van der Waals surface area (Å²) < 4.78 is 6.65. The summed E-state index contributed by atoms with van der Waals surface area (Å²) in [6.07, 6.45) is -1.04. The second-order valence-corrected chi connectivity index (χ2v) is 7.33. The molecule has 2 heterocycles. The molecule has 0 spiro atoms. The number of nitrogens with zero attached hydrogens (tertiary/aromatic N) is 5. The number of anilines is 2. The number of hydrogen-bond acceptors (Lipinski definition) is 7. The molecule has 9 heteroatoms. The lowest BCUT2D eigenvalue weighted by Gasteiger charge is -2.27. The van der Waals surface area contributed by atoms with Crippen LogP contribution in [0.3, 0.4) is 0 Å². The molecular weight excluding hydrogens is 398 g/mol. The second-order valence-electron chi connectivity index (χ2n) is 7.33. The third kappa shape index (κ3) is 3.53. The first kappa shape index (κ1) is 20.5. The van der Waals surface area contributed by atoms with Crippen LogP contribution in [-0.2, 0) is 4.74 Å². The summed E-state index contributed by atoms with van der Waals surface area (Å²) in [6, 6.07) is 14.8. The summed E-state index contributed by atoms with van der Waals surface area (Å²) >= 11 is 0. The summed E-state index contributed by atoms with van der Waals surface area (Å²) in [7, 11) is 3.98. The Morgan fingerprint density at radius 1 is 1.00 bits per heavy atom. The van der Waals surface area contributed by atoms with Crippen molar-refractivity contribution in [3.63, 3.8) is 0 Å². The molecule has 9 nitrogen and oxygen atoms in total. The van der Waals surface area contributed by atoms with Gasteiger partial charge in [-0.1, -0.05) is 24.3 Å². The Balaban J connectivity index is 2.08. The van der Waals surface area contributed by atoms with Crippen molar-refractivity contribution in [3.05, 3.63) is 69.5 Å². The summed E-state index contributed by atoms with van der Waals surface area (Å²) in [5.41, 5.74) is 0.969. The van der Waals surface area contributed by atoms with E-state index in [-0.39, 0.29) is 12.4 Å². The highest BCUT2D eigenvalue weighted by Gasteiger charge is 2.29. The molecule has 1 aromatic heterocycles. The maximum atomic E-state index is 13.4. The molecule has 0 atom stereocenters. The molecule has 0 saturated heterocycles. The van der Waals surface area contributed by atoms with Crippen LogP contribution >= 0.6 is 0 Å². The van der Waals surface area contributed by atoms with Crippen LogP contribution in [0.4, 0.5) is 16.2 Å². The predicted octanol–water partition coefficient (Wildman–Crippen LogP) is 2.08. The van der Waals surface area contributed by atoms with Crippen molar-refractivity contribution >= 4 is 17.5 Å². The Hall–Kier alpha value is -3.72. The maximum Gasteiger partial charge on any atom is 0.426 e. The first-order valence-corrected chi connectivity index (χ1v) is 9.98. The Bertz CT molecular complexity index is 1260. The standard InChI is InChI=1S/C22H23N5O4/c1-4-31-22(30)27-20(28)23-19-15-9-5-6-10-16(15)25(14-13-24(2)3)17-11-7-8-12-18(17)26(19)21(27)29/h5-12H,4,13-14H2,1-3H3. The zero-order valence-corrected chi connectivity index (χ0v) is 17.6. The van der Waals surface area contributed by atoms with Gasteiger partial charge in [-0.3, -0.25) is 0 Å². The first-order chi connectivity index (χ1) is 14.9. The molecule has 1 aliphatic heterocycles. The number of likely N-dealkylation sites (N-methyl/N-ethyl adjacent to an activating group) is 1. The monoisotopic (exact) mass is 421 g/mol.